The van der Waals surface area contributed by atoms with Crippen LogP contribution in [0.15, 0.2) is 18.6 Å². The van der Waals surface area contributed by atoms with E-state index in [1.807, 2.05) is 18.6 Å². The summed E-state index contributed by atoms with van der Waals surface area (Å²) in [6.07, 6.45) is 8.92. The summed E-state index contributed by atoms with van der Waals surface area (Å²) in [6, 6.07) is 0.384. The average molecular weight is 289 g/mol. The maximum absolute atomic E-state index is 4.49. The van der Waals surface area contributed by atoms with Crippen LogP contribution in [0.1, 0.15) is 34.5 Å². The number of nitrogens with zero attached hydrogens (tertiary/aromatic N) is 3. The summed E-state index contributed by atoms with van der Waals surface area (Å²) < 4.78 is 0. The number of nitrogens with one attached hydrogen (secondary N) is 2. The first-order chi connectivity index (χ1) is 9.81. The first kappa shape index (κ1) is 13.5. The number of hydrogen-bond acceptors (Lipinski definition) is 6. The first-order valence-corrected chi connectivity index (χ1v) is 7.83. The van der Waals surface area contributed by atoms with Crippen LogP contribution in [-0.4, -0.2) is 28.0 Å². The normalized spacial score (nSPS) is 18.4. The maximum Gasteiger partial charge on any atom is 0.144 e. The Morgan fingerprint density at radius 2 is 2.25 bits per heavy atom. The molecule has 20 heavy (non-hydrogen) atoms. The van der Waals surface area contributed by atoms with E-state index in [0.717, 1.165) is 42.5 Å². The molecule has 1 unspecified atom stereocenters. The summed E-state index contributed by atoms with van der Waals surface area (Å²) in [5.74, 6) is 0.833. The zero-order valence-electron chi connectivity index (χ0n) is 11.6. The lowest BCUT2D eigenvalue weighted by atomic mass is 10.2. The molecule has 0 bridgehead atoms. The summed E-state index contributed by atoms with van der Waals surface area (Å²) in [7, 11) is 0. The Morgan fingerprint density at radius 3 is 2.90 bits per heavy atom. The molecule has 5 nitrogen and oxygen atoms in total. The van der Waals surface area contributed by atoms with E-state index in [1.165, 1.54) is 11.3 Å². The molecule has 106 valence electrons. The minimum absolute atomic E-state index is 0.384. The lowest BCUT2D eigenvalue weighted by Crippen LogP contribution is -2.15. The predicted molar refractivity (Wildman–Crippen MR) is 81.1 cm³/mol. The van der Waals surface area contributed by atoms with Gasteiger partial charge in [-0.1, -0.05) is 0 Å². The maximum atomic E-state index is 4.49. The molecule has 0 aliphatic carbocycles. The predicted octanol–water partition coefficient (Wildman–Crippen LogP) is 2.32. The number of aryl methyl sites for hydroxylation is 1. The molecule has 0 spiro atoms. The molecule has 1 aliphatic heterocycles. The number of anilines is 1. The third-order valence-corrected chi connectivity index (χ3v) is 4.38. The molecule has 3 heterocycles. The topological polar surface area (TPSA) is 62.7 Å². The summed E-state index contributed by atoms with van der Waals surface area (Å²) in [5.41, 5.74) is 1.04. The quantitative estimate of drug-likeness (QED) is 0.884. The van der Waals surface area contributed by atoms with Crippen molar-refractivity contribution in [3.8, 4) is 0 Å². The SMILES string of the molecule is Cc1cnc(CCNc2cnc(C3CCCN3)cn2)s1. The largest absolute Gasteiger partial charge is 0.368 e. The molecule has 0 radical (unpaired) electrons. The molecule has 1 fully saturated rings. The van der Waals surface area contributed by atoms with Gasteiger partial charge in [0.05, 0.1) is 29.1 Å². The van der Waals surface area contributed by atoms with Gasteiger partial charge < -0.3 is 10.6 Å². The molecule has 1 atom stereocenters. The van der Waals surface area contributed by atoms with Crippen LogP contribution >= 0.6 is 11.3 Å². The molecular formula is C14H19N5S. The number of hydrogen-bond donors (Lipinski definition) is 2. The van der Waals surface area contributed by atoms with Crippen LogP contribution in [0.5, 0.6) is 0 Å². The number of thiazole rings is 1. The fraction of sp³-hybridized carbons (Fsp3) is 0.500. The van der Waals surface area contributed by atoms with E-state index in [2.05, 4.69) is 32.5 Å². The Kier molecular flexibility index (Phi) is 4.22. The van der Waals surface area contributed by atoms with Crippen molar-refractivity contribution in [2.45, 2.75) is 32.2 Å². The highest BCUT2D eigenvalue weighted by atomic mass is 32.1. The second-order valence-corrected chi connectivity index (χ2v) is 6.34. The van der Waals surface area contributed by atoms with Crippen LogP contribution in [0.25, 0.3) is 0 Å². The summed E-state index contributed by atoms with van der Waals surface area (Å²) in [6.45, 7) is 4.00. The lowest BCUT2D eigenvalue weighted by Gasteiger charge is -2.10. The highest BCUT2D eigenvalue weighted by Crippen LogP contribution is 2.20. The molecule has 1 aliphatic rings. The minimum Gasteiger partial charge on any atom is -0.368 e. The number of aromatic nitrogens is 3. The standard InChI is InChI=1S/C14H19N5S/c1-10-7-19-14(20-10)4-6-16-13-9-17-12(8-18-13)11-3-2-5-15-11/h7-9,11,15H,2-6H2,1H3,(H,16,18). The van der Waals surface area contributed by atoms with Gasteiger partial charge in [-0.3, -0.25) is 4.98 Å². The second kappa shape index (κ2) is 6.28. The first-order valence-electron chi connectivity index (χ1n) is 7.02. The number of rotatable bonds is 5. The van der Waals surface area contributed by atoms with Crippen molar-refractivity contribution in [3.05, 3.63) is 34.2 Å². The van der Waals surface area contributed by atoms with E-state index in [1.54, 1.807) is 11.3 Å². The third-order valence-electron chi connectivity index (χ3n) is 3.40. The highest BCUT2D eigenvalue weighted by Gasteiger charge is 2.17. The van der Waals surface area contributed by atoms with Gasteiger partial charge in [0.15, 0.2) is 0 Å². The second-order valence-electron chi connectivity index (χ2n) is 5.02. The highest BCUT2D eigenvalue weighted by molar-refractivity contribution is 7.11. The zero-order chi connectivity index (χ0) is 13.8. The van der Waals surface area contributed by atoms with Crippen molar-refractivity contribution >= 4 is 17.2 Å². The lowest BCUT2D eigenvalue weighted by molar-refractivity contribution is 0.624. The molecular weight excluding hydrogens is 270 g/mol. The van der Waals surface area contributed by atoms with Gasteiger partial charge >= 0.3 is 0 Å². The molecule has 0 amide bonds. The third kappa shape index (κ3) is 3.32. The van der Waals surface area contributed by atoms with E-state index in [4.69, 9.17) is 0 Å². The van der Waals surface area contributed by atoms with E-state index in [-0.39, 0.29) is 0 Å². The molecule has 2 aromatic heterocycles. The van der Waals surface area contributed by atoms with Gasteiger partial charge in [0.2, 0.25) is 0 Å². The van der Waals surface area contributed by atoms with Gasteiger partial charge in [0, 0.05) is 24.0 Å². The van der Waals surface area contributed by atoms with Crippen LogP contribution in [0, 0.1) is 6.92 Å². The smallest absolute Gasteiger partial charge is 0.144 e. The van der Waals surface area contributed by atoms with E-state index in [0.29, 0.717) is 6.04 Å². The van der Waals surface area contributed by atoms with Crippen LogP contribution in [0.4, 0.5) is 5.82 Å². The van der Waals surface area contributed by atoms with Crippen molar-refractivity contribution in [1.82, 2.24) is 20.3 Å². The molecule has 2 N–H and O–H groups in total. The van der Waals surface area contributed by atoms with E-state index >= 15 is 0 Å². The zero-order valence-corrected chi connectivity index (χ0v) is 12.4. The Balaban J connectivity index is 1.50. The Hall–Kier alpha value is -1.53. The van der Waals surface area contributed by atoms with Gasteiger partial charge in [-0.25, -0.2) is 9.97 Å². The molecule has 1 saturated heterocycles. The Bertz CT molecular complexity index is 545. The van der Waals surface area contributed by atoms with E-state index in [9.17, 15) is 0 Å². The van der Waals surface area contributed by atoms with Gasteiger partial charge in [-0.2, -0.15) is 0 Å². The van der Waals surface area contributed by atoms with Crippen molar-refractivity contribution in [2.75, 3.05) is 18.4 Å². The van der Waals surface area contributed by atoms with Crippen molar-refractivity contribution in [2.24, 2.45) is 0 Å². The summed E-state index contributed by atoms with van der Waals surface area (Å²) in [4.78, 5) is 14.5. The van der Waals surface area contributed by atoms with Gasteiger partial charge in [0.25, 0.3) is 0 Å². The van der Waals surface area contributed by atoms with Crippen LogP contribution in [0.2, 0.25) is 0 Å². The fourth-order valence-corrected chi connectivity index (χ4v) is 3.15. The van der Waals surface area contributed by atoms with E-state index < -0.39 is 0 Å². The van der Waals surface area contributed by atoms with Crippen LogP contribution < -0.4 is 10.6 Å². The monoisotopic (exact) mass is 289 g/mol. The molecule has 0 aromatic carbocycles. The average Bonchev–Trinajstić information content (AvgIpc) is 3.11. The Morgan fingerprint density at radius 1 is 1.30 bits per heavy atom. The summed E-state index contributed by atoms with van der Waals surface area (Å²) in [5, 5.41) is 7.88. The van der Waals surface area contributed by atoms with Gasteiger partial charge in [0.1, 0.15) is 5.82 Å². The van der Waals surface area contributed by atoms with Gasteiger partial charge in [-0.15, -0.1) is 11.3 Å². The molecule has 3 rings (SSSR count). The van der Waals surface area contributed by atoms with Crippen molar-refractivity contribution < 1.29 is 0 Å². The Labute approximate surface area is 122 Å². The van der Waals surface area contributed by atoms with Crippen LogP contribution in [-0.2, 0) is 6.42 Å². The molecule has 6 heteroatoms. The van der Waals surface area contributed by atoms with Crippen molar-refractivity contribution in [1.29, 1.82) is 0 Å². The summed E-state index contributed by atoms with van der Waals surface area (Å²) >= 11 is 1.75. The molecule has 2 aromatic rings. The fourth-order valence-electron chi connectivity index (χ4n) is 2.36. The minimum atomic E-state index is 0.384. The van der Waals surface area contributed by atoms with Gasteiger partial charge in [-0.05, 0) is 26.3 Å². The van der Waals surface area contributed by atoms with Crippen LogP contribution in [0.3, 0.4) is 0 Å². The van der Waals surface area contributed by atoms with Crippen molar-refractivity contribution in [3.63, 3.8) is 0 Å². The molecule has 0 saturated carbocycles.